The Balaban J connectivity index is 2.55. The molecule has 2 rings (SSSR count). The highest BCUT2D eigenvalue weighted by Crippen LogP contribution is 2.34. The standard InChI is InChI=1S/C14H15N3O5/c1-3-22-14(19)10-8(2)16-11(12(10)17(20)21)13(18)9-4-6-15-7-5-9/h4-7,13,16,18H,3H2,1-2H3. The normalized spacial score (nSPS) is 12.0. The molecule has 0 spiro atoms. The van der Waals surface area contributed by atoms with Crippen LogP contribution >= 0.6 is 0 Å². The number of nitro groups is 1. The monoisotopic (exact) mass is 305 g/mol. The summed E-state index contributed by atoms with van der Waals surface area (Å²) < 4.78 is 4.84. The van der Waals surface area contributed by atoms with E-state index in [0.717, 1.165) is 0 Å². The summed E-state index contributed by atoms with van der Waals surface area (Å²) in [6.45, 7) is 3.23. The molecule has 1 unspecified atom stereocenters. The predicted octanol–water partition coefficient (Wildman–Crippen LogP) is 1.88. The average Bonchev–Trinajstić information content (AvgIpc) is 2.85. The maximum absolute atomic E-state index is 11.9. The van der Waals surface area contributed by atoms with E-state index in [2.05, 4.69) is 9.97 Å². The van der Waals surface area contributed by atoms with Crippen LogP contribution < -0.4 is 0 Å². The number of rotatable bonds is 5. The van der Waals surface area contributed by atoms with Crippen LogP contribution in [0.3, 0.4) is 0 Å². The van der Waals surface area contributed by atoms with Gasteiger partial charge in [0, 0.05) is 18.1 Å². The molecule has 0 saturated carbocycles. The topological polar surface area (TPSA) is 118 Å². The smallest absolute Gasteiger partial charge is 0.347 e. The van der Waals surface area contributed by atoms with Crippen molar-refractivity contribution in [1.82, 2.24) is 9.97 Å². The van der Waals surface area contributed by atoms with Gasteiger partial charge in [-0.15, -0.1) is 0 Å². The molecule has 0 aromatic carbocycles. The summed E-state index contributed by atoms with van der Waals surface area (Å²) in [4.78, 5) is 29.1. The Labute approximate surface area is 125 Å². The molecule has 0 aliphatic carbocycles. The number of H-pyrrole nitrogens is 1. The van der Waals surface area contributed by atoms with Crippen molar-refractivity contribution in [2.75, 3.05) is 6.61 Å². The quantitative estimate of drug-likeness (QED) is 0.494. The molecule has 116 valence electrons. The number of nitrogens with zero attached hydrogens (tertiary/aromatic N) is 2. The first kappa shape index (κ1) is 15.6. The minimum Gasteiger partial charge on any atom is -0.462 e. The van der Waals surface area contributed by atoms with Crippen LogP contribution in [0.2, 0.25) is 0 Å². The molecule has 0 radical (unpaired) electrons. The molecular weight excluding hydrogens is 290 g/mol. The van der Waals surface area contributed by atoms with Gasteiger partial charge in [0.2, 0.25) is 0 Å². The van der Waals surface area contributed by atoms with Crippen molar-refractivity contribution in [1.29, 1.82) is 0 Å². The maximum Gasteiger partial charge on any atom is 0.347 e. The number of ether oxygens (including phenoxy) is 1. The lowest BCUT2D eigenvalue weighted by molar-refractivity contribution is -0.386. The Morgan fingerprint density at radius 3 is 2.68 bits per heavy atom. The van der Waals surface area contributed by atoms with Gasteiger partial charge in [-0.2, -0.15) is 0 Å². The van der Waals surface area contributed by atoms with E-state index in [9.17, 15) is 20.0 Å². The van der Waals surface area contributed by atoms with E-state index in [1.807, 2.05) is 0 Å². The third kappa shape index (κ3) is 2.82. The lowest BCUT2D eigenvalue weighted by atomic mass is 10.1. The Morgan fingerprint density at radius 1 is 1.50 bits per heavy atom. The van der Waals surface area contributed by atoms with E-state index in [-0.39, 0.29) is 23.6 Å². The zero-order valence-corrected chi connectivity index (χ0v) is 12.1. The molecular formula is C14H15N3O5. The van der Waals surface area contributed by atoms with Gasteiger partial charge in [0.25, 0.3) is 0 Å². The molecule has 0 aliphatic rings. The SMILES string of the molecule is CCOC(=O)c1c(C)[nH]c(C(O)c2ccncc2)c1[N+](=O)[O-]. The van der Waals surface area contributed by atoms with Crippen molar-refractivity contribution in [2.45, 2.75) is 20.0 Å². The predicted molar refractivity (Wildman–Crippen MR) is 76.4 cm³/mol. The van der Waals surface area contributed by atoms with E-state index in [4.69, 9.17) is 4.74 Å². The summed E-state index contributed by atoms with van der Waals surface area (Å²) in [7, 11) is 0. The molecule has 0 aliphatic heterocycles. The number of carbonyl (C=O) groups is 1. The molecule has 2 aromatic rings. The van der Waals surface area contributed by atoms with Gasteiger partial charge < -0.3 is 14.8 Å². The second-order valence-electron chi connectivity index (χ2n) is 4.55. The van der Waals surface area contributed by atoms with Gasteiger partial charge in [0.15, 0.2) is 5.56 Å². The van der Waals surface area contributed by atoms with Gasteiger partial charge in [-0.3, -0.25) is 15.1 Å². The Hall–Kier alpha value is -2.74. The van der Waals surface area contributed by atoms with Crippen molar-refractivity contribution in [3.05, 3.63) is 57.2 Å². The fraction of sp³-hybridized carbons (Fsp3) is 0.286. The van der Waals surface area contributed by atoms with Gasteiger partial charge in [0.05, 0.1) is 11.5 Å². The van der Waals surface area contributed by atoms with Crippen molar-refractivity contribution in [3.8, 4) is 0 Å². The molecule has 0 amide bonds. The summed E-state index contributed by atoms with van der Waals surface area (Å²) in [6.07, 6.45) is 1.66. The lowest BCUT2D eigenvalue weighted by Crippen LogP contribution is -2.09. The van der Waals surface area contributed by atoms with Gasteiger partial charge in [-0.25, -0.2) is 4.79 Å². The third-order valence-corrected chi connectivity index (χ3v) is 3.15. The molecule has 8 heteroatoms. The summed E-state index contributed by atoms with van der Waals surface area (Å²) in [6, 6.07) is 3.07. The number of aliphatic hydroxyl groups excluding tert-OH is 1. The number of esters is 1. The van der Waals surface area contributed by atoms with Crippen LogP contribution in [0.25, 0.3) is 0 Å². The molecule has 2 aromatic heterocycles. The molecule has 0 bridgehead atoms. The minimum absolute atomic E-state index is 0.0586. The highest BCUT2D eigenvalue weighted by Gasteiger charge is 2.34. The number of nitrogens with one attached hydrogen (secondary N) is 1. The zero-order chi connectivity index (χ0) is 16.3. The van der Waals surface area contributed by atoms with E-state index in [1.54, 1.807) is 6.92 Å². The van der Waals surface area contributed by atoms with Gasteiger partial charge in [0.1, 0.15) is 11.8 Å². The molecule has 1 atom stereocenters. The first-order chi connectivity index (χ1) is 10.5. The van der Waals surface area contributed by atoms with Crippen LogP contribution in [-0.4, -0.2) is 32.6 Å². The highest BCUT2D eigenvalue weighted by atomic mass is 16.6. The van der Waals surface area contributed by atoms with Gasteiger partial charge in [-0.1, -0.05) is 0 Å². The van der Waals surface area contributed by atoms with Crippen LogP contribution in [0, 0.1) is 17.0 Å². The van der Waals surface area contributed by atoms with E-state index < -0.39 is 22.7 Å². The number of hydrogen-bond acceptors (Lipinski definition) is 6. The first-order valence-corrected chi connectivity index (χ1v) is 6.59. The second kappa shape index (κ2) is 6.35. The number of aryl methyl sites for hydroxylation is 1. The summed E-state index contributed by atoms with van der Waals surface area (Å²) in [5.41, 5.74) is -0.00464. The fourth-order valence-corrected chi connectivity index (χ4v) is 2.19. The molecule has 2 N–H and O–H groups in total. The molecule has 2 heterocycles. The fourth-order valence-electron chi connectivity index (χ4n) is 2.19. The van der Waals surface area contributed by atoms with Crippen LogP contribution in [0.5, 0.6) is 0 Å². The van der Waals surface area contributed by atoms with Crippen LogP contribution in [0.15, 0.2) is 24.5 Å². The Morgan fingerprint density at radius 2 is 2.14 bits per heavy atom. The Kier molecular flexibility index (Phi) is 4.52. The molecule has 0 saturated heterocycles. The van der Waals surface area contributed by atoms with E-state index in [1.165, 1.54) is 31.5 Å². The third-order valence-electron chi connectivity index (χ3n) is 3.15. The molecule has 22 heavy (non-hydrogen) atoms. The van der Waals surface area contributed by atoms with Gasteiger partial charge >= 0.3 is 11.7 Å². The number of pyridine rings is 1. The number of aliphatic hydroxyl groups is 1. The summed E-state index contributed by atoms with van der Waals surface area (Å²) >= 11 is 0. The average molecular weight is 305 g/mol. The first-order valence-electron chi connectivity index (χ1n) is 6.59. The number of aromatic amines is 1. The minimum atomic E-state index is -1.27. The second-order valence-corrected chi connectivity index (χ2v) is 4.55. The highest BCUT2D eigenvalue weighted by molar-refractivity contribution is 5.96. The molecule has 0 fully saturated rings. The van der Waals surface area contributed by atoms with E-state index >= 15 is 0 Å². The van der Waals surface area contributed by atoms with Crippen molar-refractivity contribution in [2.24, 2.45) is 0 Å². The van der Waals surface area contributed by atoms with Crippen LogP contribution in [0.4, 0.5) is 5.69 Å². The lowest BCUT2D eigenvalue weighted by Gasteiger charge is -2.08. The number of hydrogen-bond donors (Lipinski definition) is 2. The van der Waals surface area contributed by atoms with Crippen molar-refractivity contribution < 1.29 is 19.6 Å². The number of carbonyl (C=O) groups excluding carboxylic acids is 1. The summed E-state index contributed by atoms with van der Waals surface area (Å²) in [5.74, 6) is -0.795. The van der Waals surface area contributed by atoms with Crippen LogP contribution in [0.1, 0.15) is 40.3 Å². The van der Waals surface area contributed by atoms with Crippen LogP contribution in [-0.2, 0) is 4.74 Å². The van der Waals surface area contributed by atoms with Gasteiger partial charge in [-0.05, 0) is 31.5 Å². The van der Waals surface area contributed by atoms with Crippen molar-refractivity contribution in [3.63, 3.8) is 0 Å². The number of aromatic nitrogens is 2. The van der Waals surface area contributed by atoms with E-state index in [0.29, 0.717) is 5.56 Å². The van der Waals surface area contributed by atoms with Crippen molar-refractivity contribution >= 4 is 11.7 Å². The maximum atomic E-state index is 11.9. The molecule has 8 nitrogen and oxygen atoms in total. The zero-order valence-electron chi connectivity index (χ0n) is 12.1. The Bertz CT molecular complexity index is 696. The summed E-state index contributed by atoms with van der Waals surface area (Å²) in [5, 5.41) is 21.7. The largest absolute Gasteiger partial charge is 0.462 e.